The molecule has 5 rings (SSSR count). The second-order valence-corrected chi connectivity index (χ2v) is 9.73. The Balaban J connectivity index is 1.77. The Labute approximate surface area is 206 Å². The molecule has 1 aliphatic heterocycles. The van der Waals surface area contributed by atoms with E-state index < -0.39 is 0 Å². The lowest BCUT2D eigenvalue weighted by Crippen LogP contribution is -2.33. The van der Waals surface area contributed by atoms with E-state index in [4.69, 9.17) is 11.6 Å². The number of hydrogen-bond acceptors (Lipinski definition) is 3. The lowest BCUT2D eigenvalue weighted by atomic mass is 9.86. The first kappa shape index (κ1) is 22.7. The van der Waals surface area contributed by atoms with E-state index in [1.165, 1.54) is 50.1 Å². The molecule has 1 aliphatic rings. The molecule has 0 aliphatic carbocycles. The van der Waals surface area contributed by atoms with Crippen LogP contribution in [0.15, 0.2) is 60.9 Å². The summed E-state index contributed by atoms with van der Waals surface area (Å²) in [6.45, 7) is 13.7. The fourth-order valence-electron chi connectivity index (χ4n) is 5.40. The average Bonchev–Trinajstić information content (AvgIpc) is 3.16. The summed E-state index contributed by atoms with van der Waals surface area (Å²) in [6.07, 6.45) is 6.67. The first-order valence-electron chi connectivity index (χ1n) is 12.1. The molecule has 0 atom stereocenters. The molecule has 4 nitrogen and oxygen atoms in total. The van der Waals surface area contributed by atoms with Crippen LogP contribution in [0.3, 0.4) is 0 Å². The minimum atomic E-state index is 0.705. The Morgan fingerprint density at radius 2 is 1.82 bits per heavy atom. The van der Waals surface area contributed by atoms with Crippen molar-refractivity contribution in [2.24, 2.45) is 0 Å². The van der Waals surface area contributed by atoms with Crippen molar-refractivity contribution >= 4 is 28.2 Å². The summed E-state index contributed by atoms with van der Waals surface area (Å²) in [7, 11) is 0. The zero-order chi connectivity index (χ0) is 23.8. The van der Waals surface area contributed by atoms with Gasteiger partial charge in [-0.05, 0) is 73.2 Å². The molecule has 0 N–H and O–H groups in total. The summed E-state index contributed by atoms with van der Waals surface area (Å²) < 4.78 is 2.48. The van der Waals surface area contributed by atoms with Gasteiger partial charge < -0.3 is 9.47 Å². The standard InChI is InChI=1S/C29H31ClN4/c1-5-7-19(2)16-24-21(4)28-29-25(27(24)22-8-10-23(30)11-9-22)17-20(3)34(29)15-14-33(28)18-26-31-12-6-13-32-26/h6,8-13,17H,2,5,7,14-16,18H2,1,3-4H3. The van der Waals surface area contributed by atoms with E-state index in [9.17, 15) is 0 Å². The number of anilines is 1. The van der Waals surface area contributed by atoms with E-state index >= 15 is 0 Å². The maximum absolute atomic E-state index is 6.26. The summed E-state index contributed by atoms with van der Waals surface area (Å²) >= 11 is 6.26. The largest absolute Gasteiger partial charge is 0.360 e. The van der Waals surface area contributed by atoms with Gasteiger partial charge in [-0.1, -0.05) is 49.2 Å². The zero-order valence-corrected chi connectivity index (χ0v) is 21.0. The lowest BCUT2D eigenvalue weighted by molar-refractivity contribution is 0.627. The molecule has 2 aromatic carbocycles. The van der Waals surface area contributed by atoms with Crippen molar-refractivity contribution < 1.29 is 0 Å². The normalized spacial score (nSPS) is 13.0. The number of rotatable bonds is 7. The van der Waals surface area contributed by atoms with Gasteiger partial charge in [0.15, 0.2) is 0 Å². The minimum absolute atomic E-state index is 0.705. The van der Waals surface area contributed by atoms with Gasteiger partial charge in [0.1, 0.15) is 5.82 Å². The highest BCUT2D eigenvalue weighted by Crippen LogP contribution is 2.45. The van der Waals surface area contributed by atoms with Crippen molar-refractivity contribution in [3.05, 3.63) is 88.6 Å². The summed E-state index contributed by atoms with van der Waals surface area (Å²) in [5.74, 6) is 0.852. The van der Waals surface area contributed by atoms with Gasteiger partial charge in [-0.2, -0.15) is 0 Å². The Kier molecular flexibility index (Phi) is 6.18. The molecule has 0 amide bonds. The maximum Gasteiger partial charge on any atom is 0.147 e. The quantitative estimate of drug-likeness (QED) is 0.266. The minimum Gasteiger partial charge on any atom is -0.360 e. The third kappa shape index (κ3) is 4.01. The molecule has 34 heavy (non-hydrogen) atoms. The molecule has 0 radical (unpaired) electrons. The van der Waals surface area contributed by atoms with Gasteiger partial charge in [0.2, 0.25) is 0 Å². The van der Waals surface area contributed by atoms with Crippen molar-refractivity contribution in [1.82, 2.24) is 14.5 Å². The fraction of sp³-hybridized carbons (Fsp3) is 0.310. The number of nitrogens with zero attached hydrogens (tertiary/aromatic N) is 4. The van der Waals surface area contributed by atoms with Gasteiger partial charge in [0.25, 0.3) is 0 Å². The molecule has 0 saturated carbocycles. The van der Waals surface area contributed by atoms with Crippen molar-refractivity contribution in [2.45, 2.75) is 53.1 Å². The Morgan fingerprint density at radius 1 is 1.09 bits per heavy atom. The highest BCUT2D eigenvalue weighted by molar-refractivity contribution is 6.30. The van der Waals surface area contributed by atoms with Crippen molar-refractivity contribution in [1.29, 1.82) is 0 Å². The molecular formula is C29H31ClN4. The number of hydrogen-bond donors (Lipinski definition) is 0. The topological polar surface area (TPSA) is 34.0 Å². The van der Waals surface area contributed by atoms with Crippen LogP contribution < -0.4 is 4.90 Å². The molecule has 5 heteroatoms. The molecule has 0 bridgehead atoms. The zero-order valence-electron chi connectivity index (χ0n) is 20.2. The third-order valence-electron chi connectivity index (χ3n) is 6.93. The van der Waals surface area contributed by atoms with Crippen LogP contribution in [0.4, 0.5) is 5.69 Å². The highest BCUT2D eigenvalue weighted by Gasteiger charge is 2.28. The van der Waals surface area contributed by atoms with E-state index in [0.717, 1.165) is 43.2 Å². The van der Waals surface area contributed by atoms with Crippen LogP contribution in [0.5, 0.6) is 0 Å². The summed E-state index contributed by atoms with van der Waals surface area (Å²) in [4.78, 5) is 11.5. The second kappa shape index (κ2) is 9.27. The predicted octanol–water partition coefficient (Wildman–Crippen LogP) is 7.29. The number of allylic oxidation sites excluding steroid dienone is 1. The van der Waals surface area contributed by atoms with E-state index in [1.54, 1.807) is 0 Å². The lowest BCUT2D eigenvalue weighted by Gasteiger charge is -2.34. The molecule has 0 unspecified atom stereocenters. The van der Waals surface area contributed by atoms with Crippen molar-refractivity contribution in [3.8, 4) is 11.1 Å². The summed E-state index contributed by atoms with van der Waals surface area (Å²) in [5, 5.41) is 2.06. The fourth-order valence-corrected chi connectivity index (χ4v) is 5.53. The van der Waals surface area contributed by atoms with Crippen LogP contribution >= 0.6 is 11.6 Å². The highest BCUT2D eigenvalue weighted by atomic mass is 35.5. The molecule has 3 heterocycles. The molecule has 4 aromatic rings. The summed E-state index contributed by atoms with van der Waals surface area (Å²) in [6, 6.07) is 12.5. The molecule has 0 saturated heterocycles. The molecule has 174 valence electrons. The Morgan fingerprint density at radius 3 is 2.53 bits per heavy atom. The second-order valence-electron chi connectivity index (χ2n) is 9.30. The van der Waals surface area contributed by atoms with Crippen LogP contribution in [0, 0.1) is 13.8 Å². The van der Waals surface area contributed by atoms with E-state index in [0.29, 0.717) is 6.54 Å². The van der Waals surface area contributed by atoms with Gasteiger partial charge in [-0.3, -0.25) is 0 Å². The Bertz CT molecular complexity index is 1350. The molecule has 0 fully saturated rings. The van der Waals surface area contributed by atoms with Gasteiger partial charge in [-0.25, -0.2) is 9.97 Å². The van der Waals surface area contributed by atoms with E-state index in [2.05, 4.69) is 65.0 Å². The number of benzene rings is 2. The first-order valence-corrected chi connectivity index (χ1v) is 12.4. The number of halogens is 1. The molecular weight excluding hydrogens is 440 g/mol. The van der Waals surface area contributed by atoms with Gasteiger partial charge in [0.05, 0.1) is 17.7 Å². The van der Waals surface area contributed by atoms with Crippen LogP contribution in [0.1, 0.15) is 42.4 Å². The van der Waals surface area contributed by atoms with Crippen molar-refractivity contribution in [2.75, 3.05) is 11.4 Å². The van der Waals surface area contributed by atoms with Crippen LogP contribution in [0.25, 0.3) is 22.0 Å². The van der Waals surface area contributed by atoms with Crippen LogP contribution in [0.2, 0.25) is 5.02 Å². The number of aromatic nitrogens is 3. The van der Waals surface area contributed by atoms with Crippen molar-refractivity contribution in [3.63, 3.8) is 0 Å². The summed E-state index contributed by atoms with van der Waals surface area (Å²) in [5.41, 5.74) is 10.4. The van der Waals surface area contributed by atoms with Crippen LogP contribution in [-0.2, 0) is 19.5 Å². The maximum atomic E-state index is 6.26. The first-order chi connectivity index (χ1) is 16.5. The average molecular weight is 471 g/mol. The Hall–Kier alpha value is -3.11. The molecule has 2 aromatic heterocycles. The van der Waals surface area contributed by atoms with Gasteiger partial charge in [0, 0.05) is 41.6 Å². The number of aryl methyl sites for hydroxylation is 1. The monoisotopic (exact) mass is 470 g/mol. The van der Waals surface area contributed by atoms with E-state index in [-0.39, 0.29) is 0 Å². The van der Waals surface area contributed by atoms with Gasteiger partial charge >= 0.3 is 0 Å². The molecule has 0 spiro atoms. The predicted molar refractivity (Wildman–Crippen MR) is 143 cm³/mol. The smallest absolute Gasteiger partial charge is 0.147 e. The third-order valence-corrected chi connectivity index (χ3v) is 7.18. The van der Waals surface area contributed by atoms with Crippen LogP contribution in [-0.4, -0.2) is 21.1 Å². The SMILES string of the molecule is C=C(CCC)Cc1c(C)c2c3c(cc(C)n3CCN2Cc2ncccn2)c1-c1ccc(Cl)cc1. The van der Waals surface area contributed by atoms with Gasteiger partial charge in [-0.15, -0.1) is 0 Å². The van der Waals surface area contributed by atoms with E-state index in [1.807, 2.05) is 30.6 Å².